The Morgan fingerprint density at radius 3 is 2.29 bits per heavy atom. The molecule has 5 N–H and O–H groups in total. The largest absolute Gasteiger partial charge is 0.508 e. The number of amides is 4. The van der Waals surface area contributed by atoms with Crippen LogP contribution in [-0.2, 0) is 25.7 Å². The Bertz CT molecular complexity index is 1130. The Morgan fingerprint density at radius 2 is 1.74 bits per heavy atom. The number of phenolic OH excluding ortho intramolecular Hbond substituents is 1. The van der Waals surface area contributed by atoms with Gasteiger partial charge in [0, 0.05) is 19.5 Å². The molecule has 0 spiro atoms. The highest BCUT2D eigenvalue weighted by Gasteiger charge is 2.35. The fraction of sp³-hybridized carbons (Fsp3) is 0.429. The third kappa shape index (κ3) is 9.10. The summed E-state index contributed by atoms with van der Waals surface area (Å²) in [5, 5.41) is 15.5. The van der Waals surface area contributed by atoms with E-state index in [1.807, 2.05) is 30.3 Å². The summed E-state index contributed by atoms with van der Waals surface area (Å²) in [5.41, 5.74) is 6.39. The van der Waals surface area contributed by atoms with Crippen LogP contribution in [0.15, 0.2) is 48.5 Å². The van der Waals surface area contributed by atoms with Crippen molar-refractivity contribution < 1.29 is 29.0 Å². The molecule has 0 saturated heterocycles. The van der Waals surface area contributed by atoms with Crippen molar-refractivity contribution in [2.24, 2.45) is 5.73 Å². The molecule has 0 saturated carbocycles. The fourth-order valence-corrected chi connectivity index (χ4v) is 3.86. The van der Waals surface area contributed by atoms with E-state index in [1.54, 1.807) is 46.8 Å². The van der Waals surface area contributed by atoms with Crippen molar-refractivity contribution in [1.82, 2.24) is 15.5 Å². The van der Waals surface area contributed by atoms with E-state index < -0.39 is 41.5 Å². The van der Waals surface area contributed by atoms with Crippen LogP contribution in [0.4, 0.5) is 4.79 Å². The fourth-order valence-electron chi connectivity index (χ4n) is 3.86. The van der Waals surface area contributed by atoms with Crippen LogP contribution < -0.4 is 16.4 Å². The second kappa shape index (κ2) is 13.5. The van der Waals surface area contributed by atoms with E-state index >= 15 is 0 Å². The molecule has 10 heteroatoms. The Labute approximate surface area is 223 Å². The molecule has 2 aromatic rings. The molecule has 4 amide bonds. The molecule has 0 radical (unpaired) electrons. The average Bonchev–Trinajstić information content (AvgIpc) is 2.84. The highest BCUT2D eigenvalue weighted by molar-refractivity contribution is 5.92. The number of phenols is 1. The Morgan fingerprint density at radius 1 is 1.08 bits per heavy atom. The zero-order valence-corrected chi connectivity index (χ0v) is 22.6. The van der Waals surface area contributed by atoms with Gasteiger partial charge in [-0.2, -0.15) is 0 Å². The summed E-state index contributed by atoms with van der Waals surface area (Å²) in [7, 11) is 0. The van der Waals surface area contributed by atoms with Gasteiger partial charge < -0.3 is 31.1 Å². The predicted octanol–water partition coefficient (Wildman–Crippen LogP) is 3.07. The Kier molecular flexibility index (Phi) is 10.7. The monoisotopic (exact) mass is 526 g/mol. The van der Waals surface area contributed by atoms with Crippen LogP contribution in [0.5, 0.6) is 5.75 Å². The van der Waals surface area contributed by atoms with Gasteiger partial charge in [-0.1, -0.05) is 36.4 Å². The minimum Gasteiger partial charge on any atom is -0.508 e. The van der Waals surface area contributed by atoms with Crippen LogP contribution in [-0.4, -0.2) is 52.0 Å². The number of hydrogen-bond acceptors (Lipinski definition) is 6. The number of hydrogen-bond donors (Lipinski definition) is 4. The van der Waals surface area contributed by atoms with E-state index in [0.717, 1.165) is 5.56 Å². The molecule has 2 aromatic carbocycles. The lowest BCUT2D eigenvalue weighted by Crippen LogP contribution is -2.53. The van der Waals surface area contributed by atoms with Crippen molar-refractivity contribution >= 4 is 23.8 Å². The highest BCUT2D eigenvalue weighted by atomic mass is 16.6. The maximum atomic E-state index is 13.8. The molecular weight excluding hydrogens is 488 g/mol. The van der Waals surface area contributed by atoms with Gasteiger partial charge >= 0.3 is 6.09 Å². The van der Waals surface area contributed by atoms with Crippen molar-refractivity contribution in [2.45, 2.75) is 71.7 Å². The van der Waals surface area contributed by atoms with E-state index in [2.05, 4.69) is 10.6 Å². The Hall–Kier alpha value is -4.08. The second-order valence-electron chi connectivity index (χ2n) is 9.98. The zero-order valence-electron chi connectivity index (χ0n) is 22.6. The summed E-state index contributed by atoms with van der Waals surface area (Å²) in [6.07, 6.45) is -1.06. The van der Waals surface area contributed by atoms with Crippen molar-refractivity contribution in [3.05, 3.63) is 65.2 Å². The van der Waals surface area contributed by atoms with Gasteiger partial charge in [-0.25, -0.2) is 4.79 Å². The molecule has 10 nitrogen and oxygen atoms in total. The molecule has 2 atom stereocenters. The molecule has 0 aromatic heterocycles. The zero-order chi connectivity index (χ0) is 28.5. The van der Waals surface area contributed by atoms with E-state index in [9.17, 15) is 24.3 Å². The number of aromatic hydroxyl groups is 1. The highest BCUT2D eigenvalue weighted by Crippen LogP contribution is 2.27. The number of aryl methyl sites for hydroxylation is 1. The van der Waals surface area contributed by atoms with E-state index in [1.165, 1.54) is 11.0 Å². The lowest BCUT2D eigenvalue weighted by Gasteiger charge is -2.34. The van der Waals surface area contributed by atoms with Crippen LogP contribution in [0.3, 0.4) is 0 Å². The summed E-state index contributed by atoms with van der Waals surface area (Å²) in [5.74, 6) is -1.61. The molecule has 0 aliphatic heterocycles. The number of rotatable bonds is 11. The van der Waals surface area contributed by atoms with Gasteiger partial charge in [0.2, 0.25) is 17.7 Å². The standard InChI is InChI=1S/C28H38N4O6/c1-6-32(26(36)21(13-15-23(29)34)31-27(37)38-28(3,4)5)24(20-12-14-22(33)18(2)16-20)25(35)30-17-19-10-8-7-9-11-19/h7-12,14,16,21,24,33H,6,13,15,17H2,1-5H3,(H2,29,34)(H,30,35)(H,31,37). The van der Waals surface area contributed by atoms with Crippen LogP contribution in [0.2, 0.25) is 0 Å². The van der Waals surface area contributed by atoms with E-state index in [-0.39, 0.29) is 31.7 Å². The van der Waals surface area contributed by atoms with Gasteiger partial charge in [0.25, 0.3) is 0 Å². The SMILES string of the molecule is CCN(C(=O)C(CCC(N)=O)NC(=O)OC(C)(C)C)C(C(=O)NCc1ccccc1)c1ccc(O)c(C)c1. The topological polar surface area (TPSA) is 151 Å². The number of carbonyl (C=O) groups excluding carboxylic acids is 4. The van der Waals surface area contributed by atoms with Crippen molar-refractivity contribution in [2.75, 3.05) is 6.54 Å². The van der Waals surface area contributed by atoms with Gasteiger partial charge in [0.1, 0.15) is 23.4 Å². The minimum atomic E-state index is -1.17. The number of nitrogens with two attached hydrogens (primary N) is 1. The third-order valence-corrected chi connectivity index (χ3v) is 5.70. The summed E-state index contributed by atoms with van der Waals surface area (Å²) >= 11 is 0. The van der Waals surface area contributed by atoms with Crippen molar-refractivity contribution in [3.8, 4) is 5.75 Å². The van der Waals surface area contributed by atoms with Crippen molar-refractivity contribution in [3.63, 3.8) is 0 Å². The number of alkyl carbamates (subject to hydrolysis) is 1. The minimum absolute atomic E-state index is 0.0532. The molecule has 0 bridgehead atoms. The van der Waals surface area contributed by atoms with Gasteiger partial charge in [-0.3, -0.25) is 14.4 Å². The second-order valence-corrected chi connectivity index (χ2v) is 9.98. The number of nitrogens with zero attached hydrogens (tertiary/aromatic N) is 1. The first-order valence-electron chi connectivity index (χ1n) is 12.5. The molecule has 0 fully saturated rings. The number of likely N-dealkylation sites (N-methyl/N-ethyl adjacent to an activating group) is 1. The van der Waals surface area contributed by atoms with Crippen LogP contribution in [0, 0.1) is 6.92 Å². The molecule has 0 aliphatic carbocycles. The average molecular weight is 527 g/mol. The summed E-state index contributed by atoms with van der Waals surface area (Å²) in [6.45, 7) is 8.81. The molecule has 0 aliphatic rings. The summed E-state index contributed by atoms with van der Waals surface area (Å²) in [6, 6.07) is 11.8. The maximum absolute atomic E-state index is 13.8. The number of ether oxygens (including phenoxy) is 1. The third-order valence-electron chi connectivity index (χ3n) is 5.70. The smallest absolute Gasteiger partial charge is 0.408 e. The van der Waals surface area contributed by atoms with Gasteiger partial charge in [-0.05, 0) is 69.9 Å². The van der Waals surface area contributed by atoms with Gasteiger partial charge in [0.15, 0.2) is 0 Å². The van der Waals surface area contributed by atoms with Crippen LogP contribution >= 0.6 is 0 Å². The van der Waals surface area contributed by atoms with Crippen molar-refractivity contribution in [1.29, 1.82) is 0 Å². The summed E-state index contributed by atoms with van der Waals surface area (Å²) < 4.78 is 5.30. The van der Waals surface area contributed by atoms with E-state index in [0.29, 0.717) is 11.1 Å². The molecule has 206 valence electrons. The lowest BCUT2D eigenvalue weighted by atomic mass is 9.99. The van der Waals surface area contributed by atoms with Crippen LogP contribution in [0.1, 0.15) is 63.3 Å². The van der Waals surface area contributed by atoms with E-state index in [4.69, 9.17) is 10.5 Å². The number of benzene rings is 2. The molecular formula is C28H38N4O6. The van der Waals surface area contributed by atoms with Gasteiger partial charge in [-0.15, -0.1) is 0 Å². The predicted molar refractivity (Wildman–Crippen MR) is 143 cm³/mol. The lowest BCUT2D eigenvalue weighted by molar-refractivity contribution is -0.142. The molecule has 0 heterocycles. The van der Waals surface area contributed by atoms with Crippen LogP contribution in [0.25, 0.3) is 0 Å². The normalized spacial score (nSPS) is 12.7. The Balaban J connectivity index is 2.42. The molecule has 2 unspecified atom stereocenters. The number of carbonyl (C=O) groups is 4. The first kappa shape index (κ1) is 30.1. The first-order valence-corrected chi connectivity index (χ1v) is 12.5. The van der Waals surface area contributed by atoms with Gasteiger partial charge in [0.05, 0.1) is 0 Å². The first-order chi connectivity index (χ1) is 17.8. The summed E-state index contributed by atoms with van der Waals surface area (Å²) in [4.78, 5) is 52.7. The molecule has 2 rings (SSSR count). The molecule has 38 heavy (non-hydrogen) atoms. The maximum Gasteiger partial charge on any atom is 0.408 e. The quantitative estimate of drug-likeness (QED) is 0.353. The number of primary amides is 1. The number of nitrogens with one attached hydrogen (secondary N) is 2.